The highest BCUT2D eigenvalue weighted by Gasteiger charge is 2.20. The summed E-state index contributed by atoms with van der Waals surface area (Å²) in [6.45, 7) is 0. The van der Waals surface area contributed by atoms with Gasteiger partial charge in [-0.15, -0.1) is 0 Å². The summed E-state index contributed by atoms with van der Waals surface area (Å²) in [5, 5.41) is 3.67. The zero-order chi connectivity index (χ0) is 14.1. The summed E-state index contributed by atoms with van der Waals surface area (Å²) < 4.78 is 2.04. The number of nitrogens with zero attached hydrogens (tertiary/aromatic N) is 4. The molecule has 0 spiro atoms. The molecular weight excluding hydrogens is 262 g/mol. The monoisotopic (exact) mass is 279 g/mol. The van der Waals surface area contributed by atoms with Gasteiger partial charge in [-0.1, -0.05) is 12.8 Å². The van der Waals surface area contributed by atoms with Gasteiger partial charge in [0.1, 0.15) is 23.5 Å². The molecule has 3 aromatic heterocycles. The molecule has 4 rings (SSSR count). The standard InChI is InChI=1S/C16H17N5/c1-2-4-13(3-1)19-16-15(12-5-8-17-9-6-12)20-14-7-10-18-11-21(14)16/h5-11,13,19H,1-4H2. The molecule has 0 aliphatic heterocycles. The van der Waals surface area contributed by atoms with E-state index in [4.69, 9.17) is 4.98 Å². The quantitative estimate of drug-likeness (QED) is 0.800. The van der Waals surface area contributed by atoms with Crippen LogP contribution >= 0.6 is 0 Å². The first-order chi connectivity index (χ1) is 10.4. The van der Waals surface area contributed by atoms with E-state index in [1.54, 1.807) is 18.6 Å². The van der Waals surface area contributed by atoms with Crippen LogP contribution < -0.4 is 5.32 Å². The fraction of sp³-hybridized carbons (Fsp3) is 0.312. The second-order valence-corrected chi connectivity index (χ2v) is 5.48. The molecule has 1 fully saturated rings. The predicted molar refractivity (Wildman–Crippen MR) is 82.1 cm³/mol. The van der Waals surface area contributed by atoms with E-state index in [1.807, 2.05) is 28.9 Å². The number of hydrogen-bond acceptors (Lipinski definition) is 4. The highest BCUT2D eigenvalue weighted by Crippen LogP contribution is 2.31. The smallest absolute Gasteiger partial charge is 0.141 e. The minimum Gasteiger partial charge on any atom is -0.367 e. The third-order valence-corrected chi connectivity index (χ3v) is 4.08. The van der Waals surface area contributed by atoms with E-state index in [-0.39, 0.29) is 0 Å². The van der Waals surface area contributed by atoms with Gasteiger partial charge in [0.2, 0.25) is 0 Å². The van der Waals surface area contributed by atoms with Crippen LogP contribution in [0.15, 0.2) is 43.1 Å². The molecule has 0 unspecified atom stereocenters. The topological polar surface area (TPSA) is 55.1 Å². The van der Waals surface area contributed by atoms with E-state index in [0.29, 0.717) is 6.04 Å². The second-order valence-electron chi connectivity index (χ2n) is 5.48. The molecule has 5 heteroatoms. The Morgan fingerprint density at radius 1 is 1.00 bits per heavy atom. The third kappa shape index (κ3) is 2.24. The highest BCUT2D eigenvalue weighted by atomic mass is 15.2. The van der Waals surface area contributed by atoms with E-state index in [0.717, 1.165) is 22.7 Å². The molecule has 0 radical (unpaired) electrons. The molecule has 1 aliphatic rings. The van der Waals surface area contributed by atoms with E-state index < -0.39 is 0 Å². The van der Waals surface area contributed by atoms with Crippen molar-refractivity contribution in [3.63, 3.8) is 0 Å². The largest absolute Gasteiger partial charge is 0.367 e. The number of rotatable bonds is 3. The number of aromatic nitrogens is 4. The summed E-state index contributed by atoms with van der Waals surface area (Å²) in [6.07, 6.45) is 12.3. The summed E-state index contributed by atoms with van der Waals surface area (Å²) in [5.41, 5.74) is 2.96. The summed E-state index contributed by atoms with van der Waals surface area (Å²) in [7, 11) is 0. The van der Waals surface area contributed by atoms with Crippen molar-refractivity contribution in [2.75, 3.05) is 5.32 Å². The zero-order valence-corrected chi connectivity index (χ0v) is 11.7. The van der Waals surface area contributed by atoms with Gasteiger partial charge in [0, 0.05) is 30.2 Å². The molecule has 5 nitrogen and oxygen atoms in total. The van der Waals surface area contributed by atoms with Gasteiger partial charge in [0.05, 0.1) is 0 Å². The Bertz CT molecular complexity index is 744. The summed E-state index contributed by atoms with van der Waals surface area (Å²) in [4.78, 5) is 13.1. The highest BCUT2D eigenvalue weighted by molar-refractivity contribution is 5.76. The lowest BCUT2D eigenvalue weighted by atomic mass is 10.2. The molecule has 1 N–H and O–H groups in total. The SMILES string of the molecule is c1cc(-c2nc3ccncn3c2NC2CCCC2)ccn1. The molecule has 0 bridgehead atoms. The van der Waals surface area contributed by atoms with Crippen molar-refractivity contribution >= 4 is 11.5 Å². The van der Waals surface area contributed by atoms with Gasteiger partial charge in [-0.25, -0.2) is 9.97 Å². The Kier molecular flexibility index (Phi) is 3.03. The number of pyridine rings is 1. The minimum atomic E-state index is 0.533. The Hall–Kier alpha value is -2.43. The van der Waals surface area contributed by atoms with Gasteiger partial charge in [-0.3, -0.25) is 9.38 Å². The first-order valence-electron chi connectivity index (χ1n) is 7.41. The van der Waals surface area contributed by atoms with Crippen LogP contribution in [-0.2, 0) is 0 Å². The van der Waals surface area contributed by atoms with Crippen LogP contribution in [-0.4, -0.2) is 25.4 Å². The number of nitrogens with one attached hydrogen (secondary N) is 1. The summed E-state index contributed by atoms with van der Waals surface area (Å²) in [5.74, 6) is 1.04. The van der Waals surface area contributed by atoms with E-state index in [2.05, 4.69) is 15.3 Å². The Labute approximate surface area is 123 Å². The number of anilines is 1. The maximum Gasteiger partial charge on any atom is 0.141 e. The van der Waals surface area contributed by atoms with Crippen LogP contribution in [0.3, 0.4) is 0 Å². The normalized spacial score (nSPS) is 15.6. The number of fused-ring (bicyclic) bond motifs is 1. The lowest BCUT2D eigenvalue weighted by molar-refractivity contribution is 0.748. The zero-order valence-electron chi connectivity index (χ0n) is 11.7. The van der Waals surface area contributed by atoms with Crippen molar-refractivity contribution in [3.8, 4) is 11.3 Å². The number of hydrogen-bond donors (Lipinski definition) is 1. The molecule has 106 valence electrons. The van der Waals surface area contributed by atoms with E-state index >= 15 is 0 Å². The van der Waals surface area contributed by atoms with E-state index in [1.165, 1.54) is 25.7 Å². The number of imidazole rings is 1. The molecule has 3 aromatic rings. The van der Waals surface area contributed by atoms with Gasteiger partial charge >= 0.3 is 0 Å². The van der Waals surface area contributed by atoms with Gasteiger partial charge in [-0.2, -0.15) is 0 Å². The summed E-state index contributed by atoms with van der Waals surface area (Å²) >= 11 is 0. The van der Waals surface area contributed by atoms with Crippen molar-refractivity contribution in [2.45, 2.75) is 31.7 Å². The molecule has 0 atom stereocenters. The average molecular weight is 279 g/mol. The predicted octanol–water partition coefficient (Wildman–Crippen LogP) is 3.15. The maximum absolute atomic E-state index is 4.76. The Morgan fingerprint density at radius 3 is 2.57 bits per heavy atom. The van der Waals surface area contributed by atoms with Gasteiger partial charge in [0.25, 0.3) is 0 Å². The van der Waals surface area contributed by atoms with Crippen LogP contribution in [0.1, 0.15) is 25.7 Å². The van der Waals surface area contributed by atoms with Crippen molar-refractivity contribution in [2.24, 2.45) is 0 Å². The van der Waals surface area contributed by atoms with Gasteiger partial charge in [-0.05, 0) is 31.0 Å². The maximum atomic E-state index is 4.76. The second kappa shape index (κ2) is 5.16. The minimum absolute atomic E-state index is 0.533. The first-order valence-corrected chi connectivity index (χ1v) is 7.41. The van der Waals surface area contributed by atoms with Crippen LogP contribution in [0.5, 0.6) is 0 Å². The van der Waals surface area contributed by atoms with Crippen LogP contribution in [0, 0.1) is 0 Å². The molecule has 1 aliphatic carbocycles. The van der Waals surface area contributed by atoms with Crippen LogP contribution in [0.25, 0.3) is 16.9 Å². The van der Waals surface area contributed by atoms with Crippen LogP contribution in [0.4, 0.5) is 5.82 Å². The van der Waals surface area contributed by atoms with Crippen molar-refractivity contribution < 1.29 is 0 Å². The molecule has 3 heterocycles. The van der Waals surface area contributed by atoms with Crippen molar-refractivity contribution in [1.82, 2.24) is 19.4 Å². The van der Waals surface area contributed by atoms with Crippen molar-refractivity contribution in [1.29, 1.82) is 0 Å². The molecule has 0 aromatic carbocycles. The molecule has 1 saturated carbocycles. The van der Waals surface area contributed by atoms with E-state index in [9.17, 15) is 0 Å². The summed E-state index contributed by atoms with van der Waals surface area (Å²) in [6, 6.07) is 6.46. The Morgan fingerprint density at radius 2 is 1.76 bits per heavy atom. The fourth-order valence-electron chi connectivity index (χ4n) is 3.01. The lowest BCUT2D eigenvalue weighted by Gasteiger charge is -2.14. The lowest BCUT2D eigenvalue weighted by Crippen LogP contribution is -2.16. The molecule has 0 saturated heterocycles. The molecule has 0 amide bonds. The van der Waals surface area contributed by atoms with Gasteiger partial charge in [0.15, 0.2) is 0 Å². The first kappa shape index (κ1) is 12.3. The third-order valence-electron chi connectivity index (χ3n) is 4.08. The van der Waals surface area contributed by atoms with Crippen molar-refractivity contribution in [3.05, 3.63) is 43.1 Å². The average Bonchev–Trinajstić information content (AvgIpc) is 3.17. The van der Waals surface area contributed by atoms with Crippen LogP contribution in [0.2, 0.25) is 0 Å². The van der Waals surface area contributed by atoms with Gasteiger partial charge < -0.3 is 5.32 Å². The Balaban J connectivity index is 1.84. The molecule has 21 heavy (non-hydrogen) atoms. The fourth-order valence-corrected chi connectivity index (χ4v) is 3.01. The molecular formula is C16H17N5.